The maximum Gasteiger partial charge on any atom is 0.226 e. The third-order valence-corrected chi connectivity index (χ3v) is 6.25. The van der Waals surface area contributed by atoms with Crippen molar-refractivity contribution in [2.24, 2.45) is 5.92 Å². The second-order valence-electron chi connectivity index (χ2n) is 5.65. The Balaban J connectivity index is 2.19. The molecule has 5 heteroatoms. The minimum atomic E-state index is -0.00521. The van der Waals surface area contributed by atoms with Crippen molar-refractivity contribution in [3.63, 3.8) is 0 Å². The Hall–Kier alpha value is -0.380. The Morgan fingerprint density at radius 2 is 2.18 bits per heavy atom. The Kier molecular flexibility index (Phi) is 6.91. The Labute approximate surface area is 147 Å². The van der Waals surface area contributed by atoms with E-state index < -0.39 is 0 Å². The van der Waals surface area contributed by atoms with Crippen molar-refractivity contribution in [2.45, 2.75) is 44.9 Å². The van der Waals surface area contributed by atoms with Gasteiger partial charge >= 0.3 is 0 Å². The summed E-state index contributed by atoms with van der Waals surface area (Å²) in [5.74, 6) is 1.34. The van der Waals surface area contributed by atoms with Gasteiger partial charge in [-0.3, -0.25) is 4.79 Å². The van der Waals surface area contributed by atoms with Crippen molar-refractivity contribution >= 4 is 40.9 Å². The molecule has 1 aliphatic rings. The molecular weight excluding hydrogens is 337 g/mol. The van der Waals surface area contributed by atoms with Crippen LogP contribution in [0.1, 0.15) is 50.5 Å². The van der Waals surface area contributed by atoms with Crippen LogP contribution in [0.5, 0.6) is 0 Å². The molecule has 122 valence electrons. The van der Waals surface area contributed by atoms with E-state index in [1.807, 2.05) is 17.0 Å². The zero-order valence-corrected chi connectivity index (χ0v) is 15.5. The monoisotopic (exact) mass is 359 g/mol. The van der Waals surface area contributed by atoms with Gasteiger partial charge in [0.15, 0.2) is 0 Å². The van der Waals surface area contributed by atoms with Crippen molar-refractivity contribution in [3.8, 4) is 0 Å². The lowest BCUT2D eigenvalue weighted by atomic mass is 9.97. The summed E-state index contributed by atoms with van der Waals surface area (Å²) in [5.41, 5.74) is 0.954. The Morgan fingerprint density at radius 1 is 1.41 bits per heavy atom. The first-order valence-electron chi connectivity index (χ1n) is 7.96. The van der Waals surface area contributed by atoms with Crippen molar-refractivity contribution in [2.75, 3.05) is 12.3 Å². The van der Waals surface area contributed by atoms with Crippen LogP contribution in [-0.4, -0.2) is 23.1 Å². The highest BCUT2D eigenvalue weighted by Crippen LogP contribution is 2.43. The number of nitrogens with zero attached hydrogens (tertiary/aromatic N) is 1. The summed E-state index contributed by atoms with van der Waals surface area (Å²) in [4.78, 5) is 14.9. The molecule has 0 unspecified atom stereocenters. The fourth-order valence-electron chi connectivity index (χ4n) is 2.85. The summed E-state index contributed by atoms with van der Waals surface area (Å²) in [5, 5.41) is 1.12. The summed E-state index contributed by atoms with van der Waals surface area (Å²) in [7, 11) is 0. The Morgan fingerprint density at radius 3 is 2.86 bits per heavy atom. The first kappa shape index (κ1) is 18.0. The maximum atomic E-state index is 12.9. The number of halogens is 2. The lowest BCUT2D eigenvalue weighted by molar-refractivity contribution is -0.136. The standard InChI is InChI=1S/C17H23Cl2NOS/c1-3-5-7-12(4-2)16(21)20-10-11-22-17(20)13-8-6-9-14(18)15(13)19/h6,8-9,12,17H,3-5,7,10-11H2,1-2H3/t12-,17-/m1/s1. The van der Waals surface area contributed by atoms with E-state index in [9.17, 15) is 4.79 Å². The average molecular weight is 360 g/mol. The summed E-state index contributed by atoms with van der Waals surface area (Å²) in [6.45, 7) is 5.06. The van der Waals surface area contributed by atoms with E-state index >= 15 is 0 Å². The maximum absolute atomic E-state index is 12.9. The van der Waals surface area contributed by atoms with E-state index in [2.05, 4.69) is 13.8 Å². The molecule has 2 atom stereocenters. The molecular formula is C17H23Cl2NOS. The largest absolute Gasteiger partial charge is 0.325 e. The zero-order chi connectivity index (χ0) is 16.1. The summed E-state index contributed by atoms with van der Waals surface area (Å²) >= 11 is 14.3. The van der Waals surface area contributed by atoms with Crippen LogP contribution in [0.25, 0.3) is 0 Å². The fraction of sp³-hybridized carbons (Fsp3) is 0.588. The molecule has 1 fully saturated rings. The SMILES string of the molecule is CCCC[C@@H](CC)C(=O)N1CCS[C@@H]1c1cccc(Cl)c1Cl. The van der Waals surface area contributed by atoms with Gasteiger partial charge in [0.1, 0.15) is 5.37 Å². The number of hydrogen-bond donors (Lipinski definition) is 0. The van der Waals surface area contributed by atoms with Gasteiger partial charge < -0.3 is 4.90 Å². The van der Waals surface area contributed by atoms with E-state index in [4.69, 9.17) is 23.2 Å². The zero-order valence-electron chi connectivity index (χ0n) is 13.1. The normalized spacial score (nSPS) is 19.5. The topological polar surface area (TPSA) is 20.3 Å². The molecule has 0 radical (unpaired) electrons. The lowest BCUT2D eigenvalue weighted by Gasteiger charge is -2.28. The molecule has 1 aromatic carbocycles. The molecule has 2 rings (SSSR count). The van der Waals surface area contributed by atoms with Gasteiger partial charge in [-0.05, 0) is 18.9 Å². The van der Waals surface area contributed by atoms with E-state index in [1.54, 1.807) is 17.8 Å². The van der Waals surface area contributed by atoms with E-state index in [0.717, 1.165) is 43.5 Å². The van der Waals surface area contributed by atoms with Gasteiger partial charge in [0.05, 0.1) is 10.0 Å². The number of carbonyl (C=O) groups is 1. The van der Waals surface area contributed by atoms with Gasteiger partial charge in [-0.15, -0.1) is 11.8 Å². The van der Waals surface area contributed by atoms with Crippen LogP contribution in [0, 0.1) is 5.92 Å². The summed E-state index contributed by atoms with van der Waals surface area (Å²) < 4.78 is 0. The van der Waals surface area contributed by atoms with Crippen LogP contribution in [0.15, 0.2) is 18.2 Å². The second kappa shape index (κ2) is 8.47. The van der Waals surface area contributed by atoms with Gasteiger partial charge in [0.25, 0.3) is 0 Å². The molecule has 22 heavy (non-hydrogen) atoms. The predicted molar refractivity (Wildman–Crippen MR) is 96.7 cm³/mol. The summed E-state index contributed by atoms with van der Waals surface area (Å²) in [6, 6.07) is 5.67. The molecule has 2 nitrogen and oxygen atoms in total. The van der Waals surface area contributed by atoms with Gasteiger partial charge in [-0.1, -0.05) is 62.0 Å². The van der Waals surface area contributed by atoms with E-state index in [0.29, 0.717) is 10.0 Å². The number of carbonyl (C=O) groups excluding carboxylic acids is 1. The van der Waals surface area contributed by atoms with Crippen LogP contribution >= 0.6 is 35.0 Å². The molecule has 0 saturated carbocycles. The van der Waals surface area contributed by atoms with Gasteiger partial charge in [-0.2, -0.15) is 0 Å². The molecule has 0 bridgehead atoms. The molecule has 1 amide bonds. The number of amides is 1. The molecule has 1 aromatic rings. The third-order valence-electron chi connectivity index (χ3n) is 4.17. The second-order valence-corrected chi connectivity index (χ2v) is 7.62. The van der Waals surface area contributed by atoms with Crippen molar-refractivity contribution < 1.29 is 4.79 Å². The van der Waals surface area contributed by atoms with E-state index in [-0.39, 0.29) is 17.2 Å². The van der Waals surface area contributed by atoms with Crippen LogP contribution in [0.2, 0.25) is 10.0 Å². The third kappa shape index (κ3) is 3.93. The quantitative estimate of drug-likeness (QED) is 0.640. The van der Waals surface area contributed by atoms with Gasteiger partial charge in [-0.25, -0.2) is 0 Å². The van der Waals surface area contributed by atoms with Gasteiger partial charge in [0.2, 0.25) is 5.91 Å². The van der Waals surface area contributed by atoms with Crippen LogP contribution in [0.4, 0.5) is 0 Å². The molecule has 0 spiro atoms. The molecule has 0 N–H and O–H groups in total. The number of benzene rings is 1. The van der Waals surface area contributed by atoms with Crippen molar-refractivity contribution in [1.82, 2.24) is 4.90 Å². The number of thioether (sulfide) groups is 1. The van der Waals surface area contributed by atoms with Gasteiger partial charge in [0, 0.05) is 23.8 Å². The highest BCUT2D eigenvalue weighted by Gasteiger charge is 2.34. The van der Waals surface area contributed by atoms with E-state index in [1.165, 1.54) is 0 Å². The highest BCUT2D eigenvalue weighted by molar-refractivity contribution is 7.99. The van der Waals surface area contributed by atoms with Crippen molar-refractivity contribution in [3.05, 3.63) is 33.8 Å². The van der Waals surface area contributed by atoms with Crippen LogP contribution < -0.4 is 0 Å². The van der Waals surface area contributed by atoms with Crippen LogP contribution in [-0.2, 0) is 4.79 Å². The molecule has 1 saturated heterocycles. The molecule has 1 aliphatic heterocycles. The number of rotatable bonds is 6. The first-order valence-corrected chi connectivity index (χ1v) is 9.76. The van der Waals surface area contributed by atoms with Crippen molar-refractivity contribution in [1.29, 1.82) is 0 Å². The lowest BCUT2D eigenvalue weighted by Crippen LogP contribution is -2.35. The fourth-order valence-corrected chi connectivity index (χ4v) is 4.62. The number of hydrogen-bond acceptors (Lipinski definition) is 2. The minimum absolute atomic E-state index is 0.00521. The molecule has 1 heterocycles. The highest BCUT2D eigenvalue weighted by atomic mass is 35.5. The average Bonchev–Trinajstić information content (AvgIpc) is 2.99. The molecule has 0 aliphatic carbocycles. The van der Waals surface area contributed by atoms with Crippen LogP contribution in [0.3, 0.4) is 0 Å². The predicted octanol–water partition coefficient (Wildman–Crippen LogP) is 5.78. The summed E-state index contributed by atoms with van der Waals surface area (Å²) in [6.07, 6.45) is 4.11. The Bertz CT molecular complexity index is 523. The smallest absolute Gasteiger partial charge is 0.226 e. The first-order chi connectivity index (χ1) is 10.6. The molecule has 0 aromatic heterocycles. The number of unbranched alkanes of at least 4 members (excludes halogenated alkanes) is 1. The minimum Gasteiger partial charge on any atom is -0.325 e.